The van der Waals surface area contributed by atoms with Gasteiger partial charge in [-0.1, -0.05) is 6.07 Å². The fourth-order valence-electron chi connectivity index (χ4n) is 1.70. The highest BCUT2D eigenvalue weighted by Crippen LogP contribution is 2.27. The van der Waals surface area contributed by atoms with Crippen molar-refractivity contribution in [3.05, 3.63) is 46.5 Å². The van der Waals surface area contributed by atoms with E-state index in [1.165, 1.54) is 0 Å². The summed E-state index contributed by atoms with van der Waals surface area (Å²) in [6.07, 6.45) is 4.23. The van der Waals surface area contributed by atoms with Gasteiger partial charge in [-0.3, -0.25) is 9.67 Å². The van der Waals surface area contributed by atoms with Crippen molar-refractivity contribution in [2.75, 3.05) is 13.7 Å². The molecule has 0 saturated carbocycles. The zero-order valence-electron chi connectivity index (χ0n) is 9.95. The molecule has 1 unspecified atom stereocenters. The van der Waals surface area contributed by atoms with E-state index in [0.29, 0.717) is 18.8 Å². The number of nitrogens with zero attached hydrogens (tertiary/aromatic N) is 3. The first-order valence-corrected chi connectivity index (χ1v) is 6.31. The van der Waals surface area contributed by atoms with Gasteiger partial charge in [-0.05, 0) is 22.0 Å². The molecule has 2 aromatic heterocycles. The minimum Gasteiger partial charge on any atom is -0.383 e. The molecular formula is C12H14BrN3O2. The average Bonchev–Trinajstić information content (AvgIpc) is 2.77. The minimum absolute atomic E-state index is 0.543. The average molecular weight is 312 g/mol. The SMILES string of the molecule is COCCn1ncc(Br)c1C(O)c1cccnc1. The molecule has 1 N–H and O–H groups in total. The fourth-order valence-corrected chi connectivity index (χ4v) is 2.21. The van der Waals surface area contributed by atoms with Gasteiger partial charge >= 0.3 is 0 Å². The number of hydrogen-bond acceptors (Lipinski definition) is 4. The first kappa shape index (κ1) is 13.2. The molecule has 18 heavy (non-hydrogen) atoms. The first-order chi connectivity index (χ1) is 8.74. The van der Waals surface area contributed by atoms with Crippen molar-refractivity contribution in [3.8, 4) is 0 Å². The summed E-state index contributed by atoms with van der Waals surface area (Å²) in [5.41, 5.74) is 1.44. The maximum absolute atomic E-state index is 10.4. The highest BCUT2D eigenvalue weighted by molar-refractivity contribution is 9.10. The van der Waals surface area contributed by atoms with E-state index in [1.54, 1.807) is 36.4 Å². The van der Waals surface area contributed by atoms with E-state index in [0.717, 1.165) is 10.0 Å². The Labute approximate surface area is 114 Å². The number of hydrogen-bond donors (Lipinski definition) is 1. The summed E-state index contributed by atoms with van der Waals surface area (Å²) in [6, 6.07) is 3.63. The fraction of sp³-hybridized carbons (Fsp3) is 0.333. The van der Waals surface area contributed by atoms with Gasteiger partial charge in [0.1, 0.15) is 6.10 Å². The maximum atomic E-state index is 10.4. The highest BCUT2D eigenvalue weighted by Gasteiger charge is 2.19. The molecule has 0 bridgehead atoms. The number of halogens is 1. The number of rotatable bonds is 5. The third-order valence-electron chi connectivity index (χ3n) is 2.60. The second-order valence-corrected chi connectivity index (χ2v) is 4.64. The third-order valence-corrected chi connectivity index (χ3v) is 3.21. The van der Waals surface area contributed by atoms with E-state index in [9.17, 15) is 5.11 Å². The number of pyridine rings is 1. The monoisotopic (exact) mass is 311 g/mol. The van der Waals surface area contributed by atoms with Crippen LogP contribution < -0.4 is 0 Å². The van der Waals surface area contributed by atoms with E-state index in [2.05, 4.69) is 26.0 Å². The number of methoxy groups -OCH3 is 1. The number of ether oxygens (including phenoxy) is 1. The Kier molecular flexibility index (Phi) is 4.46. The van der Waals surface area contributed by atoms with Crippen LogP contribution in [0.4, 0.5) is 0 Å². The van der Waals surface area contributed by atoms with Crippen molar-refractivity contribution in [1.82, 2.24) is 14.8 Å². The molecule has 0 spiro atoms. The smallest absolute Gasteiger partial charge is 0.123 e. The standard InChI is InChI=1S/C12H14BrN3O2/c1-18-6-5-16-11(10(13)8-15-16)12(17)9-3-2-4-14-7-9/h2-4,7-8,12,17H,5-6H2,1H3. The zero-order chi connectivity index (χ0) is 13.0. The molecule has 1 atom stereocenters. The van der Waals surface area contributed by atoms with Gasteiger partial charge < -0.3 is 9.84 Å². The molecule has 0 amide bonds. The summed E-state index contributed by atoms with van der Waals surface area (Å²) in [4.78, 5) is 4.01. The molecule has 6 heteroatoms. The molecule has 2 aromatic rings. The van der Waals surface area contributed by atoms with Crippen molar-refractivity contribution in [2.45, 2.75) is 12.6 Å². The van der Waals surface area contributed by atoms with Crippen molar-refractivity contribution in [2.24, 2.45) is 0 Å². The van der Waals surface area contributed by atoms with Gasteiger partial charge in [0.15, 0.2) is 0 Å². The molecule has 2 heterocycles. The van der Waals surface area contributed by atoms with Gasteiger partial charge in [-0.15, -0.1) is 0 Å². The van der Waals surface area contributed by atoms with Crippen molar-refractivity contribution in [3.63, 3.8) is 0 Å². The van der Waals surface area contributed by atoms with Gasteiger partial charge in [0.05, 0.1) is 29.5 Å². The van der Waals surface area contributed by atoms with Crippen molar-refractivity contribution < 1.29 is 9.84 Å². The Morgan fingerprint density at radius 1 is 1.50 bits per heavy atom. The molecule has 0 fully saturated rings. The molecule has 96 valence electrons. The Morgan fingerprint density at radius 2 is 2.33 bits per heavy atom. The third kappa shape index (κ3) is 2.77. The molecular weight excluding hydrogens is 298 g/mol. The van der Waals surface area contributed by atoms with Crippen LogP contribution in [0.5, 0.6) is 0 Å². The minimum atomic E-state index is -0.757. The summed E-state index contributed by atoms with van der Waals surface area (Å²) in [5, 5.41) is 14.6. The molecule has 0 radical (unpaired) electrons. The van der Waals surface area contributed by atoms with E-state index < -0.39 is 6.10 Å². The lowest BCUT2D eigenvalue weighted by Crippen LogP contribution is -2.13. The van der Waals surface area contributed by atoms with E-state index in [-0.39, 0.29) is 0 Å². The predicted octanol–water partition coefficient (Wildman–Crippen LogP) is 1.77. The number of aromatic nitrogens is 3. The van der Waals surface area contributed by atoms with Crippen LogP contribution in [0, 0.1) is 0 Å². The molecule has 0 aliphatic heterocycles. The Bertz CT molecular complexity index is 501. The Hall–Kier alpha value is -1.24. The van der Waals surface area contributed by atoms with E-state index >= 15 is 0 Å². The van der Waals surface area contributed by atoms with Crippen LogP contribution in [0.3, 0.4) is 0 Å². The maximum Gasteiger partial charge on any atom is 0.123 e. The molecule has 0 aromatic carbocycles. The molecule has 2 rings (SSSR count). The van der Waals surface area contributed by atoms with Crippen molar-refractivity contribution >= 4 is 15.9 Å². The van der Waals surface area contributed by atoms with Crippen LogP contribution in [-0.4, -0.2) is 33.6 Å². The van der Waals surface area contributed by atoms with Gasteiger partial charge in [0.25, 0.3) is 0 Å². The predicted molar refractivity (Wildman–Crippen MR) is 70.1 cm³/mol. The summed E-state index contributed by atoms with van der Waals surface area (Å²) < 4.78 is 7.53. The lowest BCUT2D eigenvalue weighted by molar-refractivity contribution is 0.171. The molecule has 0 aliphatic carbocycles. The van der Waals surface area contributed by atoms with Crippen LogP contribution in [-0.2, 0) is 11.3 Å². The summed E-state index contributed by atoms with van der Waals surface area (Å²) >= 11 is 3.40. The highest BCUT2D eigenvalue weighted by atomic mass is 79.9. The number of aliphatic hydroxyl groups is 1. The lowest BCUT2D eigenvalue weighted by atomic mass is 10.1. The quantitative estimate of drug-likeness (QED) is 0.914. The zero-order valence-corrected chi connectivity index (χ0v) is 11.5. The van der Waals surface area contributed by atoms with Gasteiger partial charge in [0, 0.05) is 25.1 Å². The largest absolute Gasteiger partial charge is 0.383 e. The van der Waals surface area contributed by atoms with Crippen LogP contribution in [0.2, 0.25) is 0 Å². The van der Waals surface area contributed by atoms with Gasteiger partial charge in [-0.25, -0.2) is 0 Å². The van der Waals surface area contributed by atoms with Crippen LogP contribution in [0.1, 0.15) is 17.4 Å². The Morgan fingerprint density at radius 3 is 3.00 bits per heavy atom. The van der Waals surface area contributed by atoms with Crippen LogP contribution in [0.15, 0.2) is 35.2 Å². The Balaban J connectivity index is 2.29. The van der Waals surface area contributed by atoms with Crippen molar-refractivity contribution in [1.29, 1.82) is 0 Å². The first-order valence-electron chi connectivity index (χ1n) is 5.52. The van der Waals surface area contributed by atoms with E-state index in [1.807, 2.05) is 6.07 Å². The summed E-state index contributed by atoms with van der Waals surface area (Å²) in [6.45, 7) is 1.13. The number of aliphatic hydroxyl groups excluding tert-OH is 1. The topological polar surface area (TPSA) is 60.2 Å². The lowest BCUT2D eigenvalue weighted by Gasteiger charge is -2.14. The summed E-state index contributed by atoms with van der Waals surface area (Å²) in [7, 11) is 1.63. The van der Waals surface area contributed by atoms with Gasteiger partial charge in [0.2, 0.25) is 0 Å². The van der Waals surface area contributed by atoms with E-state index in [4.69, 9.17) is 4.74 Å². The second-order valence-electron chi connectivity index (χ2n) is 3.78. The second kappa shape index (κ2) is 6.08. The van der Waals surface area contributed by atoms with Crippen LogP contribution in [0.25, 0.3) is 0 Å². The summed E-state index contributed by atoms with van der Waals surface area (Å²) in [5.74, 6) is 0. The normalized spacial score (nSPS) is 12.6. The van der Waals surface area contributed by atoms with Gasteiger partial charge in [-0.2, -0.15) is 5.10 Å². The molecule has 5 nitrogen and oxygen atoms in total. The molecule has 0 saturated heterocycles. The van der Waals surface area contributed by atoms with Crippen LogP contribution >= 0.6 is 15.9 Å². The molecule has 0 aliphatic rings.